The van der Waals surface area contributed by atoms with E-state index >= 15 is 0 Å². The van der Waals surface area contributed by atoms with Crippen molar-refractivity contribution in [1.29, 1.82) is 0 Å². The highest BCUT2D eigenvalue weighted by atomic mass is 19.1. The fraction of sp³-hybridized carbons (Fsp3) is 0.250. The van der Waals surface area contributed by atoms with Crippen LogP contribution in [0, 0.1) is 5.82 Å². The van der Waals surface area contributed by atoms with Crippen molar-refractivity contribution >= 4 is 0 Å². The fourth-order valence-electron chi connectivity index (χ4n) is 1.86. The van der Waals surface area contributed by atoms with Crippen LogP contribution in [0.1, 0.15) is 18.5 Å². The Morgan fingerprint density at radius 1 is 1.00 bits per heavy atom. The molecule has 3 nitrogen and oxygen atoms in total. The van der Waals surface area contributed by atoms with Crippen LogP contribution in [0.2, 0.25) is 0 Å². The molecule has 0 unspecified atom stereocenters. The van der Waals surface area contributed by atoms with Gasteiger partial charge in [0.1, 0.15) is 19.0 Å². The van der Waals surface area contributed by atoms with Gasteiger partial charge in [-0.3, -0.25) is 0 Å². The lowest BCUT2D eigenvalue weighted by atomic mass is 10.1. The highest BCUT2D eigenvalue weighted by molar-refractivity contribution is 5.36. The summed E-state index contributed by atoms with van der Waals surface area (Å²) < 4.78 is 24.7. The maximum Gasteiger partial charge on any atom is 0.165 e. The van der Waals surface area contributed by atoms with Crippen LogP contribution >= 0.6 is 0 Å². The molecule has 0 radical (unpaired) electrons. The minimum absolute atomic E-state index is 0.208. The third kappa shape index (κ3) is 3.71. The smallest absolute Gasteiger partial charge is 0.165 e. The van der Waals surface area contributed by atoms with Crippen molar-refractivity contribution in [2.75, 3.05) is 13.2 Å². The molecule has 20 heavy (non-hydrogen) atoms. The summed E-state index contributed by atoms with van der Waals surface area (Å²) in [5, 5.41) is 0. The Hall–Kier alpha value is -2.07. The molecule has 0 aliphatic carbocycles. The maximum atomic E-state index is 13.7. The predicted octanol–water partition coefficient (Wildman–Crippen LogP) is 3.30. The van der Waals surface area contributed by atoms with Gasteiger partial charge in [0, 0.05) is 11.6 Å². The predicted molar refractivity (Wildman–Crippen MR) is 76.4 cm³/mol. The molecule has 2 N–H and O–H groups in total. The zero-order valence-corrected chi connectivity index (χ0v) is 11.4. The van der Waals surface area contributed by atoms with Gasteiger partial charge in [0.05, 0.1) is 0 Å². The van der Waals surface area contributed by atoms with E-state index in [-0.39, 0.29) is 18.4 Å². The third-order valence-corrected chi connectivity index (χ3v) is 2.83. The van der Waals surface area contributed by atoms with Crippen molar-refractivity contribution in [2.45, 2.75) is 13.0 Å². The van der Waals surface area contributed by atoms with E-state index in [1.807, 2.05) is 30.3 Å². The standard InChI is InChI=1S/C16H18FNO2/c1-12(18)14-8-5-9-15(17)16(14)20-11-10-19-13-6-3-2-4-7-13/h2-9,12H,10-11,18H2,1H3/t12-/m1/s1. The molecule has 0 spiro atoms. The van der Waals surface area contributed by atoms with Crippen LogP contribution < -0.4 is 15.2 Å². The number of benzene rings is 2. The first-order valence-corrected chi connectivity index (χ1v) is 6.53. The molecular weight excluding hydrogens is 257 g/mol. The molecule has 2 aromatic rings. The number of halogens is 1. The number of ether oxygens (including phenoxy) is 2. The Morgan fingerprint density at radius 3 is 2.40 bits per heavy atom. The second-order valence-electron chi connectivity index (χ2n) is 4.46. The Balaban J connectivity index is 1.91. The van der Waals surface area contributed by atoms with Gasteiger partial charge in [-0.2, -0.15) is 0 Å². The molecule has 2 rings (SSSR count). The van der Waals surface area contributed by atoms with Crippen molar-refractivity contribution in [1.82, 2.24) is 0 Å². The molecule has 106 valence electrons. The van der Waals surface area contributed by atoms with Crippen LogP contribution in [-0.2, 0) is 0 Å². The molecule has 0 saturated heterocycles. The molecule has 4 heteroatoms. The molecular formula is C16H18FNO2. The second-order valence-corrected chi connectivity index (χ2v) is 4.46. The first kappa shape index (κ1) is 14.3. The lowest BCUT2D eigenvalue weighted by Crippen LogP contribution is -2.13. The van der Waals surface area contributed by atoms with E-state index in [1.54, 1.807) is 19.1 Å². The molecule has 0 saturated carbocycles. The average molecular weight is 275 g/mol. The molecule has 0 bridgehead atoms. The summed E-state index contributed by atoms with van der Waals surface area (Å²) in [6.07, 6.45) is 0. The summed E-state index contributed by atoms with van der Waals surface area (Å²) >= 11 is 0. The molecule has 1 atom stereocenters. The number of hydrogen-bond donors (Lipinski definition) is 1. The van der Waals surface area contributed by atoms with Crippen molar-refractivity contribution in [3.8, 4) is 11.5 Å². The van der Waals surface area contributed by atoms with Crippen LogP contribution in [0.25, 0.3) is 0 Å². The van der Waals surface area contributed by atoms with Gasteiger partial charge in [-0.15, -0.1) is 0 Å². The van der Waals surface area contributed by atoms with Crippen LogP contribution in [0.4, 0.5) is 4.39 Å². The summed E-state index contributed by atoms with van der Waals surface area (Å²) in [7, 11) is 0. The summed E-state index contributed by atoms with van der Waals surface area (Å²) in [4.78, 5) is 0. The first-order valence-electron chi connectivity index (χ1n) is 6.53. The van der Waals surface area contributed by atoms with Crippen LogP contribution in [0.15, 0.2) is 48.5 Å². The van der Waals surface area contributed by atoms with Gasteiger partial charge in [-0.1, -0.05) is 30.3 Å². The molecule has 2 aromatic carbocycles. The number of para-hydroxylation sites is 2. The Morgan fingerprint density at radius 2 is 1.70 bits per heavy atom. The van der Waals surface area contributed by atoms with E-state index < -0.39 is 5.82 Å². The average Bonchev–Trinajstić information content (AvgIpc) is 2.45. The molecule has 0 aliphatic heterocycles. The van der Waals surface area contributed by atoms with Gasteiger partial charge in [-0.25, -0.2) is 4.39 Å². The second kappa shape index (κ2) is 6.91. The SMILES string of the molecule is C[C@@H](N)c1cccc(F)c1OCCOc1ccccc1. The first-order chi connectivity index (χ1) is 9.68. The third-order valence-electron chi connectivity index (χ3n) is 2.83. The molecule has 0 amide bonds. The van der Waals surface area contributed by atoms with Crippen LogP contribution in [0.5, 0.6) is 11.5 Å². The van der Waals surface area contributed by atoms with Gasteiger partial charge in [0.2, 0.25) is 0 Å². The normalized spacial score (nSPS) is 11.9. The topological polar surface area (TPSA) is 44.5 Å². The highest BCUT2D eigenvalue weighted by Gasteiger charge is 2.12. The lowest BCUT2D eigenvalue weighted by molar-refractivity contribution is 0.209. The van der Waals surface area contributed by atoms with Gasteiger partial charge >= 0.3 is 0 Å². The Labute approximate surface area is 118 Å². The van der Waals surface area contributed by atoms with E-state index in [1.165, 1.54) is 6.07 Å². The summed E-state index contributed by atoms with van der Waals surface area (Å²) in [6, 6.07) is 13.9. The largest absolute Gasteiger partial charge is 0.490 e. The number of hydrogen-bond acceptors (Lipinski definition) is 3. The van der Waals surface area contributed by atoms with E-state index in [9.17, 15) is 4.39 Å². The quantitative estimate of drug-likeness (QED) is 0.823. The van der Waals surface area contributed by atoms with Crippen LogP contribution in [-0.4, -0.2) is 13.2 Å². The van der Waals surface area contributed by atoms with Crippen LogP contribution in [0.3, 0.4) is 0 Å². The molecule has 0 heterocycles. The van der Waals surface area contributed by atoms with Gasteiger partial charge in [0.25, 0.3) is 0 Å². The minimum Gasteiger partial charge on any atom is -0.490 e. The zero-order chi connectivity index (χ0) is 14.4. The summed E-state index contributed by atoms with van der Waals surface area (Å²) in [6.45, 7) is 2.40. The Kier molecular flexibility index (Phi) is 4.96. The number of rotatable bonds is 6. The number of nitrogens with two attached hydrogens (primary N) is 1. The molecule has 0 fully saturated rings. The zero-order valence-electron chi connectivity index (χ0n) is 11.4. The van der Waals surface area contributed by atoms with Crippen molar-refractivity contribution in [3.63, 3.8) is 0 Å². The van der Waals surface area contributed by atoms with Gasteiger partial charge in [0.15, 0.2) is 11.6 Å². The van der Waals surface area contributed by atoms with Gasteiger partial charge < -0.3 is 15.2 Å². The lowest BCUT2D eigenvalue weighted by Gasteiger charge is -2.15. The summed E-state index contributed by atoms with van der Waals surface area (Å²) in [5.74, 6) is 0.565. The van der Waals surface area contributed by atoms with Gasteiger partial charge in [-0.05, 0) is 25.1 Å². The molecule has 0 aromatic heterocycles. The van der Waals surface area contributed by atoms with E-state index in [4.69, 9.17) is 15.2 Å². The minimum atomic E-state index is -0.403. The van der Waals surface area contributed by atoms with Crippen molar-refractivity contribution in [2.24, 2.45) is 5.73 Å². The molecule has 0 aliphatic rings. The van der Waals surface area contributed by atoms with Crippen molar-refractivity contribution in [3.05, 3.63) is 59.9 Å². The fourth-order valence-corrected chi connectivity index (χ4v) is 1.86. The monoisotopic (exact) mass is 275 g/mol. The summed E-state index contributed by atoms with van der Waals surface area (Å²) in [5.41, 5.74) is 6.46. The highest BCUT2D eigenvalue weighted by Crippen LogP contribution is 2.26. The Bertz CT molecular complexity index is 543. The van der Waals surface area contributed by atoms with E-state index in [2.05, 4.69) is 0 Å². The van der Waals surface area contributed by atoms with E-state index in [0.29, 0.717) is 12.2 Å². The maximum absolute atomic E-state index is 13.7. The van der Waals surface area contributed by atoms with Crippen molar-refractivity contribution < 1.29 is 13.9 Å². The van der Waals surface area contributed by atoms with E-state index in [0.717, 1.165) is 5.75 Å².